The quantitative estimate of drug-likeness (QED) is 0.516. The summed E-state index contributed by atoms with van der Waals surface area (Å²) in [5.74, 6) is 0. The van der Waals surface area contributed by atoms with Crippen LogP contribution in [0.5, 0.6) is 0 Å². The molecule has 38 heavy (non-hydrogen) atoms. The second kappa shape index (κ2) is 10.7. The average molecular weight is 557 g/mol. The van der Waals surface area contributed by atoms with Gasteiger partial charge >= 0.3 is 18.4 Å². The van der Waals surface area contributed by atoms with E-state index in [0.29, 0.717) is 50.3 Å². The van der Waals surface area contributed by atoms with Crippen molar-refractivity contribution in [3.8, 4) is 0 Å². The predicted molar refractivity (Wildman–Crippen MR) is 126 cm³/mol. The topological polar surface area (TPSA) is 82.5 Å². The van der Waals surface area contributed by atoms with Gasteiger partial charge in [-0.2, -0.15) is 26.3 Å². The first-order valence-electron chi connectivity index (χ1n) is 12.3. The van der Waals surface area contributed by atoms with E-state index < -0.39 is 46.7 Å². The number of aliphatic hydroxyl groups is 2. The number of amides is 1. The molecule has 216 valence electrons. The van der Waals surface area contributed by atoms with E-state index in [1.165, 1.54) is 4.90 Å². The number of carbonyl (C=O) groups is 1. The number of alkyl halides is 6. The number of piperazine rings is 1. The molecule has 2 saturated heterocycles. The van der Waals surface area contributed by atoms with E-state index in [2.05, 4.69) is 0 Å². The molecule has 0 bridgehead atoms. The van der Waals surface area contributed by atoms with Gasteiger partial charge in [0.2, 0.25) is 0 Å². The highest BCUT2D eigenvalue weighted by Gasteiger charge is 2.71. The van der Waals surface area contributed by atoms with Crippen molar-refractivity contribution in [3.05, 3.63) is 29.8 Å². The molecule has 0 saturated carbocycles. The fourth-order valence-electron chi connectivity index (χ4n) is 4.98. The van der Waals surface area contributed by atoms with Crippen LogP contribution in [0.4, 0.5) is 36.8 Å². The van der Waals surface area contributed by atoms with Gasteiger partial charge < -0.3 is 29.5 Å². The van der Waals surface area contributed by atoms with Crippen LogP contribution in [0.15, 0.2) is 24.3 Å². The Kier molecular flexibility index (Phi) is 8.55. The van der Waals surface area contributed by atoms with E-state index in [0.717, 1.165) is 12.1 Å². The Morgan fingerprint density at radius 2 is 1.58 bits per heavy atom. The molecule has 0 unspecified atom stereocenters. The number of rotatable bonds is 5. The zero-order chi connectivity index (χ0) is 28.6. The van der Waals surface area contributed by atoms with Crippen LogP contribution in [0.3, 0.4) is 0 Å². The third-order valence-electron chi connectivity index (χ3n) is 7.13. The third-order valence-corrected chi connectivity index (χ3v) is 7.13. The Bertz CT molecular complexity index is 941. The summed E-state index contributed by atoms with van der Waals surface area (Å²) in [6, 6.07) is 3.01. The maximum Gasteiger partial charge on any atom is 0.430 e. The van der Waals surface area contributed by atoms with Crippen LogP contribution >= 0.6 is 0 Å². The molecule has 3 rings (SSSR count). The van der Waals surface area contributed by atoms with Crippen LogP contribution in [0, 0.1) is 5.41 Å². The van der Waals surface area contributed by atoms with Crippen LogP contribution in [0.1, 0.15) is 45.6 Å². The first-order chi connectivity index (χ1) is 17.4. The van der Waals surface area contributed by atoms with Gasteiger partial charge in [0.05, 0.1) is 0 Å². The van der Waals surface area contributed by atoms with Crippen molar-refractivity contribution in [3.63, 3.8) is 0 Å². The maximum atomic E-state index is 13.3. The van der Waals surface area contributed by atoms with Crippen molar-refractivity contribution in [1.82, 2.24) is 4.90 Å². The number of halogens is 6. The molecule has 2 fully saturated rings. The van der Waals surface area contributed by atoms with Gasteiger partial charge in [-0.1, -0.05) is 12.1 Å². The van der Waals surface area contributed by atoms with Gasteiger partial charge in [-0.15, -0.1) is 0 Å². The normalized spacial score (nSPS) is 21.4. The highest BCUT2D eigenvalue weighted by atomic mass is 19.4. The summed E-state index contributed by atoms with van der Waals surface area (Å²) < 4.78 is 90.8. The number of hydrogen-bond donors (Lipinski definition) is 2. The predicted octanol–water partition coefficient (Wildman–Crippen LogP) is 4.60. The molecule has 0 aliphatic carbocycles. The minimum Gasteiger partial charge on any atom is -0.444 e. The molecule has 2 N–H and O–H groups in total. The molecule has 7 nitrogen and oxygen atoms in total. The van der Waals surface area contributed by atoms with Crippen molar-refractivity contribution >= 4 is 11.8 Å². The summed E-state index contributed by atoms with van der Waals surface area (Å²) in [6.07, 6.45) is -11.0. The average Bonchev–Trinajstić information content (AvgIpc) is 2.82. The Balaban J connectivity index is 1.92. The Morgan fingerprint density at radius 3 is 2.05 bits per heavy atom. The molecule has 0 radical (unpaired) electrons. The van der Waals surface area contributed by atoms with Gasteiger partial charge in [-0.25, -0.2) is 4.79 Å². The van der Waals surface area contributed by atoms with Gasteiger partial charge in [0, 0.05) is 56.7 Å². The minimum atomic E-state index is -5.98. The molecule has 1 amide bonds. The molecular weight excluding hydrogens is 522 g/mol. The first kappa shape index (κ1) is 30.3. The number of aliphatic hydroxyl groups excluding tert-OH is 1. The second-order valence-electron chi connectivity index (χ2n) is 11.0. The van der Waals surface area contributed by atoms with E-state index in [1.807, 2.05) is 0 Å². The van der Waals surface area contributed by atoms with Gasteiger partial charge in [0.15, 0.2) is 0 Å². The van der Waals surface area contributed by atoms with Gasteiger partial charge in [-0.3, -0.25) is 0 Å². The lowest BCUT2D eigenvalue weighted by Gasteiger charge is -2.47. The smallest absolute Gasteiger partial charge is 0.430 e. The molecule has 1 atom stereocenters. The Morgan fingerprint density at radius 1 is 1.03 bits per heavy atom. The minimum absolute atomic E-state index is 0.143. The van der Waals surface area contributed by atoms with Crippen molar-refractivity contribution in [2.24, 2.45) is 5.41 Å². The number of carbonyl (C=O) groups excluding carboxylic acids is 1. The summed E-state index contributed by atoms with van der Waals surface area (Å²) >= 11 is 0. The van der Waals surface area contributed by atoms with E-state index in [4.69, 9.17) is 9.47 Å². The number of anilines is 1. The van der Waals surface area contributed by atoms with Crippen LogP contribution in [-0.2, 0) is 15.1 Å². The SMILES string of the molecule is CC(C)(C)OC(=O)N1CCN(c2ccc(C(O)(C(F)(F)F)C(F)(F)F)cc2)[C@@H](CC2(CO)CCOCC2)C1. The summed E-state index contributed by atoms with van der Waals surface area (Å²) in [4.78, 5) is 16.1. The highest BCUT2D eigenvalue weighted by molar-refractivity contribution is 5.69. The summed E-state index contributed by atoms with van der Waals surface area (Å²) in [5, 5.41) is 19.9. The van der Waals surface area contributed by atoms with Crippen LogP contribution in [0.2, 0.25) is 0 Å². The molecule has 1 aromatic carbocycles. The van der Waals surface area contributed by atoms with Crippen LogP contribution in [-0.4, -0.2) is 84.7 Å². The molecular formula is C25H34F6N2O5. The van der Waals surface area contributed by atoms with Crippen molar-refractivity contribution in [2.75, 3.05) is 44.4 Å². The van der Waals surface area contributed by atoms with Gasteiger partial charge in [0.25, 0.3) is 5.60 Å². The van der Waals surface area contributed by atoms with Gasteiger partial charge in [-0.05, 0) is 57.6 Å². The molecule has 2 aliphatic heterocycles. The lowest BCUT2D eigenvalue weighted by atomic mass is 9.75. The number of nitrogens with zero attached hydrogens (tertiary/aromatic N) is 2. The zero-order valence-corrected chi connectivity index (χ0v) is 21.5. The standard InChI is InChI=1S/C25H34F6N2O5/c1-21(2,3)38-20(35)32-10-11-33(19(15-32)14-22(16-34)8-12-37-13-9-22)18-6-4-17(5-7-18)23(36,24(26,27)28)25(29,30)31/h4-7,19,34,36H,8-16H2,1-3H3/t19-/m0/s1. The Hall–Kier alpha value is -2.25. The lowest BCUT2D eigenvalue weighted by Crippen LogP contribution is -2.57. The monoisotopic (exact) mass is 556 g/mol. The third kappa shape index (κ3) is 6.31. The maximum absolute atomic E-state index is 13.3. The number of ether oxygens (including phenoxy) is 2. The van der Waals surface area contributed by atoms with E-state index in [9.17, 15) is 41.4 Å². The van der Waals surface area contributed by atoms with Crippen molar-refractivity contribution in [2.45, 2.75) is 69.6 Å². The van der Waals surface area contributed by atoms with Gasteiger partial charge in [0.1, 0.15) is 5.60 Å². The van der Waals surface area contributed by atoms with Crippen molar-refractivity contribution < 1.29 is 50.8 Å². The largest absolute Gasteiger partial charge is 0.444 e. The molecule has 0 spiro atoms. The zero-order valence-electron chi connectivity index (χ0n) is 21.5. The number of benzene rings is 1. The fourth-order valence-corrected chi connectivity index (χ4v) is 4.98. The highest BCUT2D eigenvalue weighted by Crippen LogP contribution is 2.50. The second-order valence-corrected chi connectivity index (χ2v) is 11.0. The summed E-state index contributed by atoms with van der Waals surface area (Å²) in [5.41, 5.74) is -7.29. The summed E-state index contributed by atoms with van der Waals surface area (Å²) in [7, 11) is 0. The van der Waals surface area contributed by atoms with Crippen LogP contribution < -0.4 is 4.90 Å². The fraction of sp³-hybridized carbons (Fsp3) is 0.720. The van der Waals surface area contributed by atoms with E-state index in [1.54, 1.807) is 25.7 Å². The van der Waals surface area contributed by atoms with E-state index in [-0.39, 0.29) is 26.2 Å². The van der Waals surface area contributed by atoms with Crippen LogP contribution in [0.25, 0.3) is 0 Å². The molecule has 2 heterocycles. The summed E-state index contributed by atoms with van der Waals surface area (Å²) in [6.45, 7) is 6.52. The molecule has 1 aromatic rings. The molecule has 13 heteroatoms. The van der Waals surface area contributed by atoms with E-state index >= 15 is 0 Å². The first-order valence-corrected chi connectivity index (χ1v) is 12.3. The lowest BCUT2D eigenvalue weighted by molar-refractivity contribution is -0.376. The molecule has 0 aromatic heterocycles. The Labute approximate surface area is 217 Å². The number of hydrogen-bond acceptors (Lipinski definition) is 6. The van der Waals surface area contributed by atoms with Crippen molar-refractivity contribution in [1.29, 1.82) is 0 Å². The molecule has 2 aliphatic rings.